The summed E-state index contributed by atoms with van der Waals surface area (Å²) in [5, 5.41) is 16.1. The minimum atomic E-state index is -0.398. The summed E-state index contributed by atoms with van der Waals surface area (Å²) < 4.78 is 0. The summed E-state index contributed by atoms with van der Waals surface area (Å²) in [5.41, 5.74) is 4.27. The molecule has 6 heteroatoms. The predicted octanol–water partition coefficient (Wildman–Crippen LogP) is 5.68. The average Bonchev–Trinajstić information content (AvgIpc) is 3.84. The summed E-state index contributed by atoms with van der Waals surface area (Å²) >= 11 is 0. The normalized spacial score (nSPS) is 19.6. The highest BCUT2D eigenvalue weighted by molar-refractivity contribution is 5.80. The van der Waals surface area contributed by atoms with Crippen LogP contribution in [0.15, 0.2) is 84.9 Å². The van der Waals surface area contributed by atoms with Crippen LogP contribution in [0.1, 0.15) is 72.7 Å². The lowest BCUT2D eigenvalue weighted by molar-refractivity contribution is -0.127. The van der Waals surface area contributed by atoms with Crippen molar-refractivity contribution >= 4 is 11.9 Å². The van der Waals surface area contributed by atoms with E-state index < -0.39 is 6.04 Å². The van der Waals surface area contributed by atoms with Gasteiger partial charge in [0.15, 0.2) is 0 Å². The molecule has 0 heterocycles. The molecule has 204 valence electrons. The first kappa shape index (κ1) is 26.9. The maximum atomic E-state index is 13.4. The Balaban J connectivity index is 1.22. The number of amides is 3. The SMILES string of the molecule is O=C(NC(CO)c1ccccc1)C1CCCCC1c1ccc(CN(C(=O)NCc2ccccc2)C2CC2)cc1. The Morgan fingerprint density at radius 3 is 2.15 bits per heavy atom. The molecule has 0 radical (unpaired) electrons. The van der Waals surface area contributed by atoms with Crippen LogP contribution < -0.4 is 10.6 Å². The van der Waals surface area contributed by atoms with Gasteiger partial charge in [-0.05, 0) is 53.9 Å². The number of rotatable bonds is 10. The molecule has 39 heavy (non-hydrogen) atoms. The molecule has 0 aromatic heterocycles. The van der Waals surface area contributed by atoms with Crippen molar-refractivity contribution in [1.82, 2.24) is 15.5 Å². The van der Waals surface area contributed by atoms with Crippen LogP contribution in [0, 0.1) is 5.92 Å². The van der Waals surface area contributed by atoms with Gasteiger partial charge in [-0.25, -0.2) is 4.79 Å². The number of urea groups is 1. The molecule has 5 rings (SSSR count). The molecular formula is C33H39N3O3. The van der Waals surface area contributed by atoms with E-state index in [2.05, 4.69) is 34.9 Å². The zero-order chi connectivity index (χ0) is 27.0. The summed E-state index contributed by atoms with van der Waals surface area (Å²) in [5.74, 6) is 0.0485. The minimum Gasteiger partial charge on any atom is -0.394 e. The highest BCUT2D eigenvalue weighted by atomic mass is 16.3. The third kappa shape index (κ3) is 7.07. The van der Waals surface area contributed by atoms with E-state index >= 15 is 0 Å². The number of aliphatic hydroxyl groups excluding tert-OH is 1. The lowest BCUT2D eigenvalue weighted by atomic mass is 9.74. The molecule has 0 bridgehead atoms. The van der Waals surface area contributed by atoms with Crippen molar-refractivity contribution in [3.8, 4) is 0 Å². The number of benzene rings is 3. The second kappa shape index (κ2) is 12.9. The quantitative estimate of drug-likeness (QED) is 0.318. The number of aliphatic hydroxyl groups is 1. The summed E-state index contributed by atoms with van der Waals surface area (Å²) in [7, 11) is 0. The first-order chi connectivity index (χ1) is 19.1. The lowest BCUT2D eigenvalue weighted by Gasteiger charge is -2.32. The number of nitrogens with zero attached hydrogens (tertiary/aromatic N) is 1. The monoisotopic (exact) mass is 525 g/mol. The van der Waals surface area contributed by atoms with Crippen LogP contribution >= 0.6 is 0 Å². The molecular weight excluding hydrogens is 486 g/mol. The zero-order valence-electron chi connectivity index (χ0n) is 22.5. The molecule has 3 aromatic rings. The summed E-state index contributed by atoms with van der Waals surface area (Å²) in [6.07, 6.45) is 6.07. The van der Waals surface area contributed by atoms with Gasteiger partial charge in [-0.2, -0.15) is 0 Å². The summed E-state index contributed by atoms with van der Waals surface area (Å²) in [6, 6.07) is 28.0. The van der Waals surface area contributed by atoms with Gasteiger partial charge in [0.2, 0.25) is 5.91 Å². The molecule has 6 nitrogen and oxygen atoms in total. The fourth-order valence-electron chi connectivity index (χ4n) is 5.74. The fourth-order valence-corrected chi connectivity index (χ4v) is 5.74. The van der Waals surface area contributed by atoms with Crippen molar-refractivity contribution in [3.63, 3.8) is 0 Å². The van der Waals surface area contributed by atoms with Gasteiger partial charge in [-0.15, -0.1) is 0 Å². The van der Waals surface area contributed by atoms with Gasteiger partial charge in [0.25, 0.3) is 0 Å². The molecule has 2 aliphatic carbocycles. The molecule has 2 saturated carbocycles. The lowest BCUT2D eigenvalue weighted by Crippen LogP contribution is -2.40. The Morgan fingerprint density at radius 2 is 1.49 bits per heavy atom. The molecule has 3 amide bonds. The van der Waals surface area contributed by atoms with E-state index in [1.54, 1.807) is 0 Å². The Morgan fingerprint density at radius 1 is 0.821 bits per heavy atom. The van der Waals surface area contributed by atoms with E-state index in [0.29, 0.717) is 19.1 Å². The Kier molecular flexibility index (Phi) is 8.94. The van der Waals surface area contributed by atoms with Gasteiger partial charge in [0.05, 0.1) is 12.6 Å². The highest BCUT2D eigenvalue weighted by Crippen LogP contribution is 2.38. The first-order valence-corrected chi connectivity index (χ1v) is 14.3. The van der Waals surface area contributed by atoms with Crippen molar-refractivity contribution in [2.75, 3.05) is 6.61 Å². The first-order valence-electron chi connectivity index (χ1n) is 14.3. The Bertz CT molecular complexity index is 1210. The molecule has 3 unspecified atom stereocenters. The molecule has 2 aliphatic rings. The van der Waals surface area contributed by atoms with E-state index in [1.807, 2.05) is 65.6 Å². The van der Waals surface area contributed by atoms with Gasteiger partial charge < -0.3 is 20.6 Å². The van der Waals surface area contributed by atoms with Crippen molar-refractivity contribution in [2.45, 2.75) is 69.6 Å². The van der Waals surface area contributed by atoms with E-state index in [-0.39, 0.29) is 30.4 Å². The van der Waals surface area contributed by atoms with Crippen LogP contribution in [0.5, 0.6) is 0 Å². The second-order valence-corrected chi connectivity index (χ2v) is 10.9. The Labute approximate surface area is 231 Å². The topological polar surface area (TPSA) is 81.7 Å². The summed E-state index contributed by atoms with van der Waals surface area (Å²) in [4.78, 5) is 28.3. The molecule has 2 fully saturated rings. The van der Waals surface area contributed by atoms with Crippen LogP contribution in [-0.4, -0.2) is 34.6 Å². The van der Waals surface area contributed by atoms with Gasteiger partial charge >= 0.3 is 6.03 Å². The van der Waals surface area contributed by atoms with E-state index in [4.69, 9.17) is 0 Å². The standard InChI is InChI=1S/C33H39N3O3/c37-23-31(27-11-5-2-6-12-27)35-32(38)30-14-8-7-13-29(30)26-17-15-25(16-18-26)22-36(28-19-20-28)33(39)34-21-24-9-3-1-4-10-24/h1-6,9-12,15-18,28-31,37H,7-8,13-14,19-23H2,(H,34,39)(H,35,38). The average molecular weight is 526 g/mol. The molecule has 0 saturated heterocycles. The van der Waals surface area contributed by atoms with Gasteiger partial charge in [-0.1, -0.05) is 97.8 Å². The Hall–Kier alpha value is -3.64. The third-order valence-corrected chi connectivity index (χ3v) is 8.10. The predicted molar refractivity (Wildman–Crippen MR) is 153 cm³/mol. The van der Waals surface area contributed by atoms with Crippen LogP contribution in [0.4, 0.5) is 4.79 Å². The van der Waals surface area contributed by atoms with Crippen LogP contribution in [0.3, 0.4) is 0 Å². The largest absolute Gasteiger partial charge is 0.394 e. The van der Waals surface area contributed by atoms with Crippen molar-refractivity contribution in [1.29, 1.82) is 0 Å². The fraction of sp³-hybridized carbons (Fsp3) is 0.394. The maximum absolute atomic E-state index is 13.4. The van der Waals surface area contributed by atoms with E-state index in [9.17, 15) is 14.7 Å². The van der Waals surface area contributed by atoms with Crippen molar-refractivity contribution in [2.24, 2.45) is 5.92 Å². The third-order valence-electron chi connectivity index (χ3n) is 8.10. The zero-order valence-corrected chi connectivity index (χ0v) is 22.5. The van der Waals surface area contributed by atoms with Gasteiger partial charge in [0, 0.05) is 25.0 Å². The van der Waals surface area contributed by atoms with Gasteiger partial charge in [-0.3, -0.25) is 4.79 Å². The molecule has 3 atom stereocenters. The van der Waals surface area contributed by atoms with Crippen LogP contribution in [0.2, 0.25) is 0 Å². The number of hydrogen-bond acceptors (Lipinski definition) is 3. The molecule has 3 aromatic carbocycles. The van der Waals surface area contributed by atoms with E-state index in [1.165, 1.54) is 5.56 Å². The number of nitrogens with one attached hydrogen (secondary N) is 2. The smallest absolute Gasteiger partial charge is 0.318 e. The number of carbonyl (C=O) groups excluding carboxylic acids is 2. The van der Waals surface area contributed by atoms with Gasteiger partial charge in [0.1, 0.15) is 0 Å². The second-order valence-electron chi connectivity index (χ2n) is 10.9. The molecule has 0 aliphatic heterocycles. The van der Waals surface area contributed by atoms with Crippen molar-refractivity contribution in [3.05, 3.63) is 107 Å². The molecule has 0 spiro atoms. The maximum Gasteiger partial charge on any atom is 0.318 e. The summed E-state index contributed by atoms with van der Waals surface area (Å²) in [6.45, 7) is 0.974. The van der Waals surface area contributed by atoms with Crippen molar-refractivity contribution < 1.29 is 14.7 Å². The molecule has 3 N–H and O–H groups in total. The van der Waals surface area contributed by atoms with E-state index in [0.717, 1.165) is 55.2 Å². The minimum absolute atomic E-state index is 0.0154. The highest BCUT2D eigenvalue weighted by Gasteiger charge is 2.34. The van der Waals surface area contributed by atoms with Crippen LogP contribution in [0.25, 0.3) is 0 Å². The van der Waals surface area contributed by atoms with Crippen LogP contribution in [-0.2, 0) is 17.9 Å². The number of carbonyl (C=O) groups is 2. The number of hydrogen-bond donors (Lipinski definition) is 3.